The summed E-state index contributed by atoms with van der Waals surface area (Å²) < 4.78 is 0. The van der Waals surface area contributed by atoms with E-state index in [0.717, 1.165) is 18.5 Å². The minimum absolute atomic E-state index is 0.241. The highest BCUT2D eigenvalue weighted by atomic mass is 16.6. The highest BCUT2D eigenvalue weighted by Gasteiger charge is 2.14. The van der Waals surface area contributed by atoms with Gasteiger partial charge in [0.05, 0.1) is 4.92 Å². The molecule has 1 N–H and O–H groups in total. The molecule has 4 nitrogen and oxygen atoms in total. The second-order valence-corrected chi connectivity index (χ2v) is 5.28. The molecule has 2 rings (SSSR count). The van der Waals surface area contributed by atoms with E-state index in [1.165, 1.54) is 38.5 Å². The van der Waals surface area contributed by atoms with Gasteiger partial charge in [-0.15, -0.1) is 0 Å². The number of para-hydroxylation sites is 1. The molecule has 0 aromatic heterocycles. The van der Waals surface area contributed by atoms with Crippen LogP contribution < -0.4 is 5.32 Å². The molecule has 0 radical (unpaired) electrons. The number of benzene rings is 1. The van der Waals surface area contributed by atoms with Crippen molar-refractivity contribution < 1.29 is 4.92 Å². The van der Waals surface area contributed by atoms with Crippen LogP contribution in [0.2, 0.25) is 0 Å². The summed E-state index contributed by atoms with van der Waals surface area (Å²) in [6.45, 7) is 0.829. The highest BCUT2D eigenvalue weighted by molar-refractivity contribution is 5.39. The number of nitro groups is 1. The Morgan fingerprint density at radius 3 is 2.53 bits per heavy atom. The van der Waals surface area contributed by atoms with Gasteiger partial charge in [-0.2, -0.15) is 0 Å². The normalized spacial score (nSPS) is 17.1. The van der Waals surface area contributed by atoms with Gasteiger partial charge in [-0.3, -0.25) is 10.1 Å². The molecular formula is C15H22N2O2. The molecule has 1 aromatic rings. The fraction of sp³-hybridized carbons (Fsp3) is 0.600. The van der Waals surface area contributed by atoms with Crippen LogP contribution in [0.3, 0.4) is 0 Å². The Morgan fingerprint density at radius 1 is 1.16 bits per heavy atom. The van der Waals surface area contributed by atoms with Crippen molar-refractivity contribution in [2.24, 2.45) is 0 Å². The minimum Gasteiger partial charge on any atom is -0.314 e. The van der Waals surface area contributed by atoms with Crippen molar-refractivity contribution >= 4 is 5.69 Å². The van der Waals surface area contributed by atoms with E-state index in [0.29, 0.717) is 6.04 Å². The average Bonchev–Trinajstić information content (AvgIpc) is 2.68. The molecule has 1 fully saturated rings. The van der Waals surface area contributed by atoms with E-state index >= 15 is 0 Å². The van der Waals surface area contributed by atoms with E-state index in [9.17, 15) is 10.1 Å². The van der Waals surface area contributed by atoms with Gasteiger partial charge in [0.15, 0.2) is 0 Å². The first-order valence-electron chi connectivity index (χ1n) is 7.23. The lowest BCUT2D eigenvalue weighted by Crippen LogP contribution is -2.30. The lowest BCUT2D eigenvalue weighted by Gasteiger charge is -2.15. The molecule has 4 heteroatoms. The SMILES string of the molecule is O=[N+]([O-])c1ccccc1CCNC1CCCCCC1. The predicted octanol–water partition coefficient (Wildman–Crippen LogP) is 3.45. The Hall–Kier alpha value is -1.42. The van der Waals surface area contributed by atoms with Crippen LogP contribution in [0.25, 0.3) is 0 Å². The number of rotatable bonds is 5. The lowest BCUT2D eigenvalue weighted by molar-refractivity contribution is -0.385. The van der Waals surface area contributed by atoms with Gasteiger partial charge in [0, 0.05) is 17.7 Å². The topological polar surface area (TPSA) is 55.2 Å². The molecule has 19 heavy (non-hydrogen) atoms. The molecule has 1 aromatic carbocycles. The molecule has 0 spiro atoms. The molecule has 1 saturated carbocycles. The van der Waals surface area contributed by atoms with Crippen molar-refractivity contribution in [3.05, 3.63) is 39.9 Å². The van der Waals surface area contributed by atoms with Gasteiger partial charge in [-0.05, 0) is 25.8 Å². The summed E-state index contributed by atoms with van der Waals surface area (Å²) >= 11 is 0. The summed E-state index contributed by atoms with van der Waals surface area (Å²) in [7, 11) is 0. The fourth-order valence-electron chi connectivity index (χ4n) is 2.79. The monoisotopic (exact) mass is 262 g/mol. The number of hydrogen-bond donors (Lipinski definition) is 1. The lowest BCUT2D eigenvalue weighted by atomic mass is 10.1. The zero-order valence-electron chi connectivity index (χ0n) is 11.3. The van der Waals surface area contributed by atoms with Crippen LogP contribution in [0.1, 0.15) is 44.1 Å². The van der Waals surface area contributed by atoms with Crippen LogP contribution in [-0.2, 0) is 6.42 Å². The molecule has 0 aliphatic heterocycles. The van der Waals surface area contributed by atoms with E-state index in [2.05, 4.69) is 5.32 Å². The molecule has 0 heterocycles. The Labute approximate surface area is 114 Å². The number of nitrogens with one attached hydrogen (secondary N) is 1. The molecule has 1 aliphatic carbocycles. The van der Waals surface area contributed by atoms with Gasteiger partial charge in [-0.25, -0.2) is 0 Å². The van der Waals surface area contributed by atoms with Crippen LogP contribution in [0.4, 0.5) is 5.69 Å². The Kier molecular flexibility index (Phi) is 5.33. The van der Waals surface area contributed by atoms with Gasteiger partial charge in [-0.1, -0.05) is 43.9 Å². The van der Waals surface area contributed by atoms with Crippen molar-refractivity contribution in [3.8, 4) is 0 Å². The van der Waals surface area contributed by atoms with E-state index < -0.39 is 0 Å². The molecule has 0 atom stereocenters. The van der Waals surface area contributed by atoms with Crippen molar-refractivity contribution in [2.75, 3.05) is 6.54 Å². The summed E-state index contributed by atoms with van der Waals surface area (Å²) in [6, 6.07) is 7.63. The van der Waals surface area contributed by atoms with Crippen molar-refractivity contribution in [3.63, 3.8) is 0 Å². The number of hydrogen-bond acceptors (Lipinski definition) is 3. The maximum Gasteiger partial charge on any atom is 0.272 e. The Balaban J connectivity index is 1.83. The van der Waals surface area contributed by atoms with Crippen LogP contribution in [0, 0.1) is 10.1 Å². The third-order valence-corrected chi connectivity index (χ3v) is 3.87. The number of nitrogens with zero attached hydrogens (tertiary/aromatic N) is 1. The molecular weight excluding hydrogens is 240 g/mol. The third kappa shape index (κ3) is 4.31. The van der Waals surface area contributed by atoms with E-state index in [4.69, 9.17) is 0 Å². The van der Waals surface area contributed by atoms with Gasteiger partial charge in [0.2, 0.25) is 0 Å². The summed E-state index contributed by atoms with van der Waals surface area (Å²) in [4.78, 5) is 10.6. The van der Waals surface area contributed by atoms with Gasteiger partial charge in [0.25, 0.3) is 5.69 Å². The average molecular weight is 262 g/mol. The summed E-state index contributed by atoms with van der Waals surface area (Å²) in [5.41, 5.74) is 1.07. The van der Waals surface area contributed by atoms with Crippen molar-refractivity contribution in [2.45, 2.75) is 51.0 Å². The minimum atomic E-state index is -0.291. The summed E-state index contributed by atoms with van der Waals surface area (Å²) in [6.07, 6.45) is 8.54. The van der Waals surface area contributed by atoms with E-state index in [1.807, 2.05) is 12.1 Å². The second kappa shape index (κ2) is 7.24. The highest BCUT2D eigenvalue weighted by Crippen LogP contribution is 2.19. The van der Waals surface area contributed by atoms with Crippen molar-refractivity contribution in [1.29, 1.82) is 0 Å². The maximum atomic E-state index is 10.9. The number of nitro benzene ring substituents is 1. The van der Waals surface area contributed by atoms with E-state index in [-0.39, 0.29) is 10.6 Å². The molecule has 0 saturated heterocycles. The predicted molar refractivity (Wildman–Crippen MR) is 76.3 cm³/mol. The standard InChI is InChI=1S/C15H22N2O2/c18-17(19)15-10-6-5-7-13(15)11-12-16-14-8-3-1-2-4-9-14/h5-7,10,14,16H,1-4,8-9,11-12H2. The van der Waals surface area contributed by atoms with Crippen LogP contribution in [0.15, 0.2) is 24.3 Å². The largest absolute Gasteiger partial charge is 0.314 e. The van der Waals surface area contributed by atoms with Crippen molar-refractivity contribution in [1.82, 2.24) is 5.32 Å². The first-order chi connectivity index (χ1) is 9.27. The quantitative estimate of drug-likeness (QED) is 0.502. The van der Waals surface area contributed by atoms with Gasteiger partial charge in [0.1, 0.15) is 0 Å². The smallest absolute Gasteiger partial charge is 0.272 e. The molecule has 1 aliphatic rings. The van der Waals surface area contributed by atoms with Crippen LogP contribution in [-0.4, -0.2) is 17.5 Å². The Bertz CT molecular complexity index is 412. The molecule has 0 unspecified atom stereocenters. The maximum absolute atomic E-state index is 10.9. The molecule has 0 amide bonds. The van der Waals surface area contributed by atoms with Gasteiger partial charge >= 0.3 is 0 Å². The van der Waals surface area contributed by atoms with Crippen LogP contribution >= 0.6 is 0 Å². The Morgan fingerprint density at radius 2 is 1.84 bits per heavy atom. The zero-order chi connectivity index (χ0) is 13.5. The first kappa shape index (κ1) is 14.0. The molecule has 0 bridgehead atoms. The van der Waals surface area contributed by atoms with Crippen LogP contribution in [0.5, 0.6) is 0 Å². The second-order valence-electron chi connectivity index (χ2n) is 5.28. The first-order valence-corrected chi connectivity index (χ1v) is 7.23. The summed E-state index contributed by atoms with van der Waals surface area (Å²) in [5, 5.41) is 14.5. The van der Waals surface area contributed by atoms with Gasteiger partial charge < -0.3 is 5.32 Å². The molecule has 104 valence electrons. The van der Waals surface area contributed by atoms with E-state index in [1.54, 1.807) is 12.1 Å². The third-order valence-electron chi connectivity index (χ3n) is 3.87. The summed E-state index contributed by atoms with van der Waals surface area (Å²) in [5.74, 6) is 0. The zero-order valence-corrected chi connectivity index (χ0v) is 11.3. The fourth-order valence-corrected chi connectivity index (χ4v) is 2.79.